The van der Waals surface area contributed by atoms with E-state index in [1.807, 2.05) is 18.2 Å². The van der Waals surface area contributed by atoms with Crippen LogP contribution in [0.2, 0.25) is 0 Å². The molecule has 0 amide bonds. The molecule has 1 N–H and O–H groups in total. The first-order valence-corrected chi connectivity index (χ1v) is 6.84. The summed E-state index contributed by atoms with van der Waals surface area (Å²) in [7, 11) is 0. The summed E-state index contributed by atoms with van der Waals surface area (Å²) in [5.41, 5.74) is 2.28. The van der Waals surface area contributed by atoms with Crippen molar-refractivity contribution >= 4 is 11.7 Å². The first-order chi connectivity index (χ1) is 8.83. The van der Waals surface area contributed by atoms with Crippen LogP contribution in [-0.4, -0.2) is 18.6 Å². The maximum absolute atomic E-state index is 12.0. The van der Waals surface area contributed by atoms with E-state index in [1.165, 1.54) is 31.2 Å². The lowest BCUT2D eigenvalue weighted by Crippen LogP contribution is -2.30. The summed E-state index contributed by atoms with van der Waals surface area (Å²) in [6, 6.07) is 7.88. The molecule has 1 aliphatic carbocycles. The van der Waals surface area contributed by atoms with Crippen molar-refractivity contribution in [2.24, 2.45) is 5.92 Å². The van der Waals surface area contributed by atoms with E-state index in [0.717, 1.165) is 12.1 Å². The average molecular weight is 245 g/mol. The molecular weight excluding hydrogens is 226 g/mol. The summed E-state index contributed by atoms with van der Waals surface area (Å²) in [4.78, 5) is 12.0. The minimum atomic E-state index is -0.191. The number of carbonyl (C=O) groups is 1. The number of ether oxygens (including phenoxy) is 1. The number of anilines is 1. The van der Waals surface area contributed by atoms with Crippen LogP contribution in [0.3, 0.4) is 0 Å². The van der Waals surface area contributed by atoms with E-state index in [2.05, 4.69) is 11.4 Å². The number of hydrogen-bond acceptors (Lipinski definition) is 3. The molecule has 1 fully saturated rings. The van der Waals surface area contributed by atoms with E-state index in [1.54, 1.807) is 0 Å². The molecular formula is C15H19NO2. The summed E-state index contributed by atoms with van der Waals surface area (Å²) < 4.78 is 5.44. The fourth-order valence-corrected chi connectivity index (χ4v) is 2.92. The first kappa shape index (κ1) is 11.6. The lowest BCUT2D eigenvalue weighted by molar-refractivity contribution is -0.145. The maximum atomic E-state index is 12.0. The molecule has 1 atom stereocenters. The molecule has 3 nitrogen and oxygen atoms in total. The van der Waals surface area contributed by atoms with E-state index in [9.17, 15) is 4.79 Å². The van der Waals surface area contributed by atoms with Gasteiger partial charge in [0, 0.05) is 12.1 Å². The fraction of sp³-hybridized carbons (Fsp3) is 0.533. The molecule has 3 rings (SSSR count). The van der Waals surface area contributed by atoms with Crippen molar-refractivity contribution in [1.29, 1.82) is 0 Å². The Hall–Kier alpha value is -1.51. The summed E-state index contributed by atoms with van der Waals surface area (Å²) in [5, 5.41) is 3.24. The highest BCUT2D eigenvalue weighted by Gasteiger charge is 2.28. The molecule has 0 aromatic heterocycles. The zero-order valence-corrected chi connectivity index (χ0v) is 10.5. The van der Waals surface area contributed by atoms with Gasteiger partial charge in [-0.2, -0.15) is 0 Å². The average Bonchev–Trinajstić information content (AvgIpc) is 3.04. The van der Waals surface area contributed by atoms with Crippen LogP contribution in [0.5, 0.6) is 0 Å². The van der Waals surface area contributed by atoms with Gasteiger partial charge in [0.15, 0.2) is 0 Å². The van der Waals surface area contributed by atoms with Gasteiger partial charge in [0.1, 0.15) is 6.04 Å². The molecule has 0 unspecified atom stereocenters. The highest BCUT2D eigenvalue weighted by atomic mass is 16.5. The number of fused-ring (bicyclic) bond motifs is 1. The number of hydrogen-bond donors (Lipinski definition) is 1. The van der Waals surface area contributed by atoms with E-state index < -0.39 is 0 Å². The molecule has 3 heteroatoms. The number of rotatable bonds is 3. The maximum Gasteiger partial charge on any atom is 0.328 e. The van der Waals surface area contributed by atoms with Crippen molar-refractivity contribution in [2.75, 3.05) is 11.9 Å². The van der Waals surface area contributed by atoms with Crippen molar-refractivity contribution in [3.05, 3.63) is 29.8 Å². The van der Waals surface area contributed by atoms with Crippen LogP contribution in [0.4, 0.5) is 5.69 Å². The Balaban J connectivity index is 1.52. The molecule has 0 saturated heterocycles. The molecule has 1 heterocycles. The fourth-order valence-electron chi connectivity index (χ4n) is 2.92. The highest BCUT2D eigenvalue weighted by Crippen LogP contribution is 2.27. The molecule has 1 aliphatic heterocycles. The van der Waals surface area contributed by atoms with Gasteiger partial charge >= 0.3 is 5.97 Å². The Morgan fingerprint density at radius 2 is 2.06 bits per heavy atom. The van der Waals surface area contributed by atoms with Gasteiger partial charge in [-0.05, 0) is 30.4 Å². The third kappa shape index (κ3) is 2.35. The SMILES string of the molecule is O=C(OCC1CCCC1)[C@@H]1Cc2ccccc2N1. The van der Waals surface area contributed by atoms with Gasteiger partial charge in [-0.3, -0.25) is 0 Å². The normalized spacial score (nSPS) is 22.6. The molecule has 1 saturated carbocycles. The van der Waals surface area contributed by atoms with Gasteiger partial charge in [0.05, 0.1) is 6.61 Å². The Bertz CT molecular complexity index is 413. The number of benzene rings is 1. The van der Waals surface area contributed by atoms with E-state index in [0.29, 0.717) is 12.5 Å². The van der Waals surface area contributed by atoms with Crippen molar-refractivity contribution in [2.45, 2.75) is 38.1 Å². The third-order valence-corrected chi connectivity index (χ3v) is 3.99. The van der Waals surface area contributed by atoms with Crippen LogP contribution < -0.4 is 5.32 Å². The second-order valence-electron chi connectivity index (χ2n) is 5.34. The lowest BCUT2D eigenvalue weighted by atomic mass is 10.1. The Labute approximate surface area is 108 Å². The molecule has 96 valence electrons. The van der Waals surface area contributed by atoms with E-state index in [4.69, 9.17) is 4.74 Å². The summed E-state index contributed by atoms with van der Waals surface area (Å²) in [5.74, 6) is 0.496. The van der Waals surface area contributed by atoms with Gasteiger partial charge in [-0.1, -0.05) is 31.0 Å². The standard InChI is InChI=1S/C15H19NO2/c17-15(18-10-11-5-1-2-6-11)14-9-12-7-3-4-8-13(12)16-14/h3-4,7-8,11,14,16H,1-2,5-6,9-10H2/t14-/m0/s1. The predicted octanol–water partition coefficient (Wildman–Crippen LogP) is 2.76. The Morgan fingerprint density at radius 3 is 2.83 bits per heavy atom. The Kier molecular flexibility index (Phi) is 3.22. The van der Waals surface area contributed by atoms with Gasteiger partial charge in [-0.15, -0.1) is 0 Å². The molecule has 18 heavy (non-hydrogen) atoms. The van der Waals surface area contributed by atoms with E-state index in [-0.39, 0.29) is 12.0 Å². The van der Waals surface area contributed by atoms with Crippen LogP contribution in [0, 0.1) is 5.92 Å². The smallest absolute Gasteiger partial charge is 0.328 e. The van der Waals surface area contributed by atoms with Gasteiger partial charge in [-0.25, -0.2) is 4.79 Å². The zero-order chi connectivity index (χ0) is 12.4. The topological polar surface area (TPSA) is 38.3 Å². The molecule has 0 bridgehead atoms. The van der Waals surface area contributed by atoms with Crippen LogP contribution >= 0.6 is 0 Å². The molecule has 1 aromatic rings. The molecule has 0 radical (unpaired) electrons. The van der Waals surface area contributed by atoms with Crippen LogP contribution in [0.1, 0.15) is 31.2 Å². The summed E-state index contributed by atoms with van der Waals surface area (Å²) in [6.07, 6.45) is 5.75. The van der Waals surface area contributed by atoms with Gasteiger partial charge < -0.3 is 10.1 Å². The quantitative estimate of drug-likeness (QED) is 0.832. The second kappa shape index (κ2) is 5.01. The number of carbonyl (C=O) groups excluding carboxylic acids is 1. The van der Waals surface area contributed by atoms with Crippen LogP contribution in [0.25, 0.3) is 0 Å². The molecule has 1 aromatic carbocycles. The minimum absolute atomic E-state index is 0.0990. The lowest BCUT2D eigenvalue weighted by Gasteiger charge is -2.14. The van der Waals surface area contributed by atoms with Crippen LogP contribution in [-0.2, 0) is 16.0 Å². The van der Waals surface area contributed by atoms with Crippen molar-refractivity contribution in [1.82, 2.24) is 0 Å². The minimum Gasteiger partial charge on any atom is -0.464 e. The number of para-hydroxylation sites is 1. The second-order valence-corrected chi connectivity index (χ2v) is 5.34. The number of nitrogens with one attached hydrogen (secondary N) is 1. The molecule has 2 aliphatic rings. The predicted molar refractivity (Wildman–Crippen MR) is 70.5 cm³/mol. The summed E-state index contributed by atoms with van der Waals surface area (Å²) in [6.45, 7) is 0.605. The van der Waals surface area contributed by atoms with Crippen LogP contribution in [0.15, 0.2) is 24.3 Å². The van der Waals surface area contributed by atoms with Crippen molar-refractivity contribution in [3.8, 4) is 0 Å². The number of esters is 1. The third-order valence-electron chi connectivity index (χ3n) is 3.99. The van der Waals surface area contributed by atoms with Gasteiger partial charge in [0.25, 0.3) is 0 Å². The molecule has 0 spiro atoms. The van der Waals surface area contributed by atoms with Crippen molar-refractivity contribution < 1.29 is 9.53 Å². The zero-order valence-electron chi connectivity index (χ0n) is 10.5. The first-order valence-electron chi connectivity index (χ1n) is 6.84. The Morgan fingerprint density at radius 1 is 1.28 bits per heavy atom. The van der Waals surface area contributed by atoms with E-state index >= 15 is 0 Å². The van der Waals surface area contributed by atoms with Gasteiger partial charge in [0.2, 0.25) is 0 Å². The van der Waals surface area contributed by atoms with Crippen molar-refractivity contribution in [3.63, 3.8) is 0 Å². The monoisotopic (exact) mass is 245 g/mol. The largest absolute Gasteiger partial charge is 0.464 e. The highest BCUT2D eigenvalue weighted by molar-refractivity contribution is 5.82. The summed E-state index contributed by atoms with van der Waals surface area (Å²) >= 11 is 0.